The van der Waals surface area contributed by atoms with E-state index in [0.29, 0.717) is 6.61 Å². The maximum atomic E-state index is 6.02. The van der Waals surface area contributed by atoms with Crippen molar-refractivity contribution in [2.24, 2.45) is 4.99 Å². The highest BCUT2D eigenvalue weighted by atomic mass is 16.5. The van der Waals surface area contributed by atoms with Gasteiger partial charge in [-0.3, -0.25) is 4.99 Å². The van der Waals surface area contributed by atoms with Crippen molar-refractivity contribution >= 4 is 5.96 Å². The van der Waals surface area contributed by atoms with Crippen LogP contribution in [0.2, 0.25) is 0 Å². The van der Waals surface area contributed by atoms with E-state index in [2.05, 4.69) is 68.1 Å². The van der Waals surface area contributed by atoms with Crippen molar-refractivity contribution in [1.29, 1.82) is 0 Å². The fourth-order valence-corrected chi connectivity index (χ4v) is 3.34. The summed E-state index contributed by atoms with van der Waals surface area (Å²) >= 11 is 0. The zero-order valence-electron chi connectivity index (χ0n) is 15.9. The van der Waals surface area contributed by atoms with Crippen LogP contribution in [-0.2, 0) is 17.7 Å². The number of guanidine groups is 1. The third kappa shape index (κ3) is 4.22. The minimum Gasteiger partial charge on any atom is -0.370 e. The largest absolute Gasteiger partial charge is 0.370 e. The van der Waals surface area contributed by atoms with Crippen LogP contribution in [0, 0.1) is 6.92 Å². The van der Waals surface area contributed by atoms with E-state index in [1.807, 2.05) is 7.05 Å². The Bertz CT molecular complexity index is 741. The van der Waals surface area contributed by atoms with Gasteiger partial charge in [0.05, 0.1) is 13.2 Å². The number of ether oxygens (including phenoxy) is 1. The van der Waals surface area contributed by atoms with Crippen LogP contribution in [0.4, 0.5) is 0 Å². The summed E-state index contributed by atoms with van der Waals surface area (Å²) < 4.78 is 8.10. The molecule has 3 rings (SSSR count). The van der Waals surface area contributed by atoms with Gasteiger partial charge in [-0.2, -0.15) is 0 Å². The van der Waals surface area contributed by atoms with Gasteiger partial charge in [0.1, 0.15) is 18.3 Å². The lowest BCUT2D eigenvalue weighted by Gasteiger charge is -2.35. The summed E-state index contributed by atoms with van der Waals surface area (Å²) in [4.78, 5) is 6.73. The molecule has 2 aromatic rings. The fraction of sp³-hybridized carbons (Fsp3) is 0.526. The normalized spacial score (nSPS) is 18.2. The van der Waals surface area contributed by atoms with E-state index in [1.165, 1.54) is 11.1 Å². The van der Waals surface area contributed by atoms with E-state index >= 15 is 0 Å². The number of nitrogens with zero attached hydrogens (tertiary/aromatic N) is 5. The van der Waals surface area contributed by atoms with Gasteiger partial charge in [-0.25, -0.2) is 0 Å². The second-order valence-corrected chi connectivity index (χ2v) is 6.43. The molecule has 1 saturated heterocycles. The number of benzene rings is 1. The lowest BCUT2D eigenvalue weighted by molar-refractivity contribution is -0.00831. The number of morpholine rings is 1. The molecule has 1 aliphatic heterocycles. The molecule has 7 nitrogen and oxygen atoms in total. The van der Waals surface area contributed by atoms with Crippen LogP contribution in [0.3, 0.4) is 0 Å². The highest BCUT2D eigenvalue weighted by Crippen LogP contribution is 2.24. The van der Waals surface area contributed by atoms with Gasteiger partial charge in [0, 0.05) is 33.1 Å². The number of rotatable bonds is 5. The SMILES string of the molecule is CCc1nncn1CCNC(=NC)N1CCOC(c2ccccc2C)C1. The van der Waals surface area contributed by atoms with Crippen molar-refractivity contribution < 1.29 is 4.74 Å². The van der Waals surface area contributed by atoms with Crippen molar-refractivity contribution in [2.75, 3.05) is 33.3 Å². The first-order valence-corrected chi connectivity index (χ1v) is 9.22. The standard InChI is InChI=1S/C19H28N6O/c1-4-18-23-22-14-25(18)10-9-21-19(20-3)24-11-12-26-17(13-24)16-8-6-5-7-15(16)2/h5-8,14,17H,4,9-13H2,1-3H3,(H,20,21). The van der Waals surface area contributed by atoms with Crippen LogP contribution in [0.1, 0.15) is 30.0 Å². The Morgan fingerprint density at radius 3 is 3.00 bits per heavy atom. The first-order valence-electron chi connectivity index (χ1n) is 9.22. The predicted octanol–water partition coefficient (Wildman–Crippen LogP) is 1.80. The molecule has 1 fully saturated rings. The number of aliphatic imine (C=N–C) groups is 1. The Balaban J connectivity index is 1.58. The van der Waals surface area contributed by atoms with Gasteiger partial charge < -0.3 is 19.5 Å². The maximum Gasteiger partial charge on any atom is 0.193 e. The molecule has 26 heavy (non-hydrogen) atoms. The van der Waals surface area contributed by atoms with Crippen molar-refractivity contribution in [3.8, 4) is 0 Å². The molecule has 1 aromatic carbocycles. The first-order chi connectivity index (χ1) is 12.7. The van der Waals surface area contributed by atoms with Crippen molar-refractivity contribution in [1.82, 2.24) is 25.0 Å². The number of nitrogens with one attached hydrogen (secondary N) is 1. The molecule has 1 unspecified atom stereocenters. The predicted molar refractivity (Wildman–Crippen MR) is 102 cm³/mol. The zero-order valence-corrected chi connectivity index (χ0v) is 15.9. The van der Waals surface area contributed by atoms with Crippen LogP contribution in [0.5, 0.6) is 0 Å². The number of aryl methyl sites for hydroxylation is 2. The van der Waals surface area contributed by atoms with Crippen LogP contribution in [0.25, 0.3) is 0 Å². The number of hydrogen-bond acceptors (Lipinski definition) is 4. The minimum absolute atomic E-state index is 0.0769. The molecule has 1 atom stereocenters. The molecule has 1 aromatic heterocycles. The molecule has 0 bridgehead atoms. The Morgan fingerprint density at radius 1 is 1.38 bits per heavy atom. The molecular weight excluding hydrogens is 328 g/mol. The van der Waals surface area contributed by atoms with Crippen molar-refractivity contribution in [2.45, 2.75) is 32.9 Å². The van der Waals surface area contributed by atoms with E-state index in [1.54, 1.807) is 6.33 Å². The lowest BCUT2D eigenvalue weighted by Crippen LogP contribution is -2.48. The van der Waals surface area contributed by atoms with E-state index in [9.17, 15) is 0 Å². The highest BCUT2D eigenvalue weighted by Gasteiger charge is 2.25. The molecule has 2 heterocycles. The van der Waals surface area contributed by atoms with Gasteiger partial charge in [0.15, 0.2) is 5.96 Å². The molecule has 0 saturated carbocycles. The summed E-state index contributed by atoms with van der Waals surface area (Å²) in [5, 5.41) is 11.6. The Labute approximate surface area is 155 Å². The van der Waals surface area contributed by atoms with Gasteiger partial charge in [-0.1, -0.05) is 31.2 Å². The quantitative estimate of drug-likeness (QED) is 0.654. The van der Waals surface area contributed by atoms with Crippen LogP contribution in [-0.4, -0.2) is 58.9 Å². The number of hydrogen-bond donors (Lipinski definition) is 1. The van der Waals surface area contributed by atoms with E-state index in [0.717, 1.165) is 44.4 Å². The Morgan fingerprint density at radius 2 is 2.23 bits per heavy atom. The highest BCUT2D eigenvalue weighted by molar-refractivity contribution is 5.80. The second kappa shape index (κ2) is 8.80. The summed E-state index contributed by atoms with van der Waals surface area (Å²) in [5.41, 5.74) is 2.52. The second-order valence-electron chi connectivity index (χ2n) is 6.43. The average Bonchev–Trinajstić information content (AvgIpc) is 3.13. The molecule has 0 spiro atoms. The fourth-order valence-electron chi connectivity index (χ4n) is 3.34. The molecule has 7 heteroatoms. The van der Waals surface area contributed by atoms with Gasteiger partial charge in [-0.05, 0) is 18.1 Å². The molecule has 1 N–H and O–H groups in total. The molecule has 140 valence electrons. The van der Waals surface area contributed by atoms with Crippen molar-refractivity contribution in [3.63, 3.8) is 0 Å². The monoisotopic (exact) mass is 356 g/mol. The minimum atomic E-state index is 0.0769. The summed E-state index contributed by atoms with van der Waals surface area (Å²) in [5.74, 6) is 1.92. The first kappa shape index (κ1) is 18.4. The van der Waals surface area contributed by atoms with Crippen LogP contribution >= 0.6 is 0 Å². The summed E-state index contributed by atoms with van der Waals surface area (Å²) in [6.07, 6.45) is 2.75. The van der Waals surface area contributed by atoms with E-state index in [4.69, 9.17) is 4.74 Å². The third-order valence-corrected chi connectivity index (χ3v) is 4.76. The molecular formula is C19H28N6O. The third-order valence-electron chi connectivity index (χ3n) is 4.76. The molecule has 1 aliphatic rings. The topological polar surface area (TPSA) is 67.6 Å². The van der Waals surface area contributed by atoms with Crippen molar-refractivity contribution in [3.05, 3.63) is 47.5 Å². The summed E-state index contributed by atoms with van der Waals surface area (Å²) in [7, 11) is 1.83. The Hall–Kier alpha value is -2.41. The van der Waals surface area contributed by atoms with Gasteiger partial charge in [0.25, 0.3) is 0 Å². The molecule has 0 radical (unpaired) electrons. The molecule has 0 amide bonds. The van der Waals surface area contributed by atoms with Crippen LogP contribution in [0.15, 0.2) is 35.6 Å². The zero-order chi connectivity index (χ0) is 18.4. The lowest BCUT2D eigenvalue weighted by atomic mass is 10.0. The smallest absolute Gasteiger partial charge is 0.193 e. The average molecular weight is 356 g/mol. The maximum absolute atomic E-state index is 6.02. The summed E-state index contributed by atoms with van der Waals surface area (Å²) in [6, 6.07) is 8.42. The van der Waals surface area contributed by atoms with Gasteiger partial charge in [-0.15, -0.1) is 10.2 Å². The summed E-state index contributed by atoms with van der Waals surface area (Å²) in [6.45, 7) is 8.17. The van der Waals surface area contributed by atoms with E-state index < -0.39 is 0 Å². The molecule has 0 aliphatic carbocycles. The van der Waals surface area contributed by atoms with Gasteiger partial charge in [0.2, 0.25) is 0 Å². The van der Waals surface area contributed by atoms with E-state index in [-0.39, 0.29) is 6.10 Å². The van der Waals surface area contributed by atoms with Crippen LogP contribution < -0.4 is 5.32 Å². The van der Waals surface area contributed by atoms with Gasteiger partial charge >= 0.3 is 0 Å². The Kier molecular flexibility index (Phi) is 6.22. The number of aromatic nitrogens is 3.